The molecule has 4 nitrogen and oxygen atoms in total. The molecule has 0 fully saturated rings. The van der Waals surface area contributed by atoms with Crippen molar-refractivity contribution in [1.29, 1.82) is 0 Å². The molecular formula is C17H14Cl2FN3OS. The highest BCUT2D eigenvalue weighted by molar-refractivity contribution is 7.98. The Bertz CT molecular complexity index is 851. The minimum Gasteiger partial charge on any atom is -0.486 e. The molecule has 0 aliphatic carbocycles. The van der Waals surface area contributed by atoms with E-state index in [0.717, 1.165) is 0 Å². The first-order valence-electron chi connectivity index (χ1n) is 7.37. The molecule has 0 N–H and O–H groups in total. The van der Waals surface area contributed by atoms with Gasteiger partial charge in [-0.2, -0.15) is 0 Å². The van der Waals surface area contributed by atoms with Gasteiger partial charge in [-0.1, -0.05) is 41.0 Å². The highest BCUT2D eigenvalue weighted by atomic mass is 35.5. The molecule has 8 heteroatoms. The summed E-state index contributed by atoms with van der Waals surface area (Å²) in [5, 5.41) is 9.96. The van der Waals surface area contributed by atoms with E-state index in [1.165, 1.54) is 17.8 Å². The maximum atomic E-state index is 13.8. The summed E-state index contributed by atoms with van der Waals surface area (Å²) in [6.07, 6.45) is 0. The average Bonchev–Trinajstić information content (AvgIpc) is 2.94. The Morgan fingerprint density at radius 1 is 1.12 bits per heavy atom. The molecule has 0 saturated heterocycles. The van der Waals surface area contributed by atoms with Crippen molar-refractivity contribution in [3.63, 3.8) is 0 Å². The highest BCUT2D eigenvalue weighted by Gasteiger charge is 2.13. The van der Waals surface area contributed by atoms with Crippen LogP contribution in [0.25, 0.3) is 0 Å². The van der Waals surface area contributed by atoms with Gasteiger partial charge in [0.2, 0.25) is 0 Å². The lowest BCUT2D eigenvalue weighted by Gasteiger charge is -2.07. The lowest BCUT2D eigenvalue weighted by molar-refractivity contribution is 0.290. The topological polar surface area (TPSA) is 39.9 Å². The van der Waals surface area contributed by atoms with Gasteiger partial charge in [-0.25, -0.2) is 4.39 Å². The van der Waals surface area contributed by atoms with Gasteiger partial charge in [0.15, 0.2) is 11.0 Å². The van der Waals surface area contributed by atoms with Gasteiger partial charge in [-0.05, 0) is 36.4 Å². The van der Waals surface area contributed by atoms with Gasteiger partial charge in [-0.15, -0.1) is 10.2 Å². The number of rotatable bonds is 6. The summed E-state index contributed by atoms with van der Waals surface area (Å²) in [6.45, 7) is 0.270. The number of halogens is 3. The number of aromatic nitrogens is 3. The second-order valence-corrected chi connectivity index (χ2v) is 6.98. The third kappa shape index (κ3) is 4.45. The molecule has 1 aromatic heterocycles. The molecule has 130 valence electrons. The summed E-state index contributed by atoms with van der Waals surface area (Å²) in [4.78, 5) is 0. The van der Waals surface area contributed by atoms with E-state index in [9.17, 15) is 4.39 Å². The predicted molar refractivity (Wildman–Crippen MR) is 97.8 cm³/mol. The first-order valence-corrected chi connectivity index (χ1v) is 9.11. The van der Waals surface area contributed by atoms with Crippen LogP contribution in [-0.2, 0) is 19.4 Å². The number of benzene rings is 2. The number of hydrogen-bond donors (Lipinski definition) is 0. The zero-order valence-corrected chi connectivity index (χ0v) is 15.6. The van der Waals surface area contributed by atoms with Crippen LogP contribution < -0.4 is 4.74 Å². The van der Waals surface area contributed by atoms with Gasteiger partial charge in [-0.3, -0.25) is 0 Å². The van der Waals surface area contributed by atoms with Crippen molar-refractivity contribution in [1.82, 2.24) is 14.8 Å². The van der Waals surface area contributed by atoms with Gasteiger partial charge in [0.1, 0.15) is 18.2 Å². The van der Waals surface area contributed by atoms with Crippen LogP contribution in [0, 0.1) is 5.82 Å². The van der Waals surface area contributed by atoms with E-state index in [2.05, 4.69) is 10.2 Å². The molecule has 0 bridgehead atoms. The normalized spacial score (nSPS) is 10.9. The van der Waals surface area contributed by atoms with E-state index >= 15 is 0 Å². The lowest BCUT2D eigenvalue weighted by Crippen LogP contribution is -2.04. The molecule has 1 heterocycles. The molecule has 0 unspecified atom stereocenters. The molecule has 2 aromatic carbocycles. The standard InChI is InChI=1S/C17H14Cl2FN3OS/c1-23-16(9-24-12-7-5-11(18)6-8-12)21-22-17(23)25-10-13-14(19)3-2-4-15(13)20/h2-8H,9-10H2,1H3. The van der Waals surface area contributed by atoms with Crippen molar-refractivity contribution in [3.05, 3.63) is 69.7 Å². The molecule has 25 heavy (non-hydrogen) atoms. The van der Waals surface area contributed by atoms with Crippen molar-refractivity contribution >= 4 is 35.0 Å². The summed E-state index contributed by atoms with van der Waals surface area (Å²) in [5.41, 5.74) is 0.455. The van der Waals surface area contributed by atoms with Crippen LogP contribution in [0.2, 0.25) is 10.0 Å². The lowest BCUT2D eigenvalue weighted by atomic mass is 10.2. The van der Waals surface area contributed by atoms with E-state index in [0.29, 0.717) is 38.1 Å². The summed E-state index contributed by atoms with van der Waals surface area (Å²) in [6, 6.07) is 11.7. The molecule has 0 amide bonds. The first-order chi connectivity index (χ1) is 12.0. The van der Waals surface area contributed by atoms with Gasteiger partial charge < -0.3 is 9.30 Å². The van der Waals surface area contributed by atoms with Crippen molar-refractivity contribution in [3.8, 4) is 5.75 Å². The summed E-state index contributed by atoms with van der Waals surface area (Å²) < 4.78 is 21.3. The van der Waals surface area contributed by atoms with Crippen molar-refractivity contribution < 1.29 is 9.13 Å². The zero-order valence-electron chi connectivity index (χ0n) is 13.2. The van der Waals surface area contributed by atoms with Gasteiger partial charge in [0, 0.05) is 28.4 Å². The quantitative estimate of drug-likeness (QED) is 0.540. The fourth-order valence-corrected chi connectivity index (χ4v) is 3.48. The second kappa shape index (κ2) is 8.08. The Kier molecular flexibility index (Phi) is 5.83. The van der Waals surface area contributed by atoms with E-state index < -0.39 is 0 Å². The fraction of sp³-hybridized carbons (Fsp3) is 0.176. The van der Waals surface area contributed by atoms with Crippen LogP contribution in [-0.4, -0.2) is 14.8 Å². The fourth-order valence-electron chi connectivity index (χ4n) is 2.08. The summed E-state index contributed by atoms with van der Waals surface area (Å²) >= 11 is 13.3. The van der Waals surface area contributed by atoms with Crippen LogP contribution in [0.5, 0.6) is 5.75 Å². The van der Waals surface area contributed by atoms with E-state index in [-0.39, 0.29) is 12.4 Å². The maximum absolute atomic E-state index is 13.8. The van der Waals surface area contributed by atoms with E-state index in [4.69, 9.17) is 27.9 Å². The highest BCUT2D eigenvalue weighted by Crippen LogP contribution is 2.27. The molecular weight excluding hydrogens is 384 g/mol. The molecule has 0 aliphatic heterocycles. The van der Waals surface area contributed by atoms with E-state index in [1.54, 1.807) is 36.4 Å². The number of thioether (sulfide) groups is 1. The van der Waals surface area contributed by atoms with Crippen molar-refractivity contribution in [2.75, 3.05) is 0 Å². The molecule has 0 saturated carbocycles. The molecule has 0 spiro atoms. The Balaban J connectivity index is 1.64. The van der Waals surface area contributed by atoms with Crippen LogP contribution in [0.1, 0.15) is 11.4 Å². The molecule has 0 aliphatic rings. The minimum atomic E-state index is -0.325. The Labute approximate surface area is 158 Å². The Hall–Kier alpha value is -1.76. The SMILES string of the molecule is Cn1c(COc2ccc(Cl)cc2)nnc1SCc1c(F)cccc1Cl. The van der Waals surface area contributed by atoms with E-state index in [1.807, 2.05) is 11.6 Å². The number of nitrogens with zero attached hydrogens (tertiary/aromatic N) is 3. The number of ether oxygens (including phenoxy) is 1. The van der Waals surface area contributed by atoms with Gasteiger partial charge in [0.05, 0.1) is 0 Å². The number of hydrogen-bond acceptors (Lipinski definition) is 4. The Morgan fingerprint density at radius 2 is 1.88 bits per heavy atom. The first kappa shape index (κ1) is 18.0. The summed E-state index contributed by atoms with van der Waals surface area (Å²) in [7, 11) is 1.84. The minimum absolute atomic E-state index is 0.270. The largest absolute Gasteiger partial charge is 0.486 e. The van der Waals surface area contributed by atoms with Crippen LogP contribution >= 0.6 is 35.0 Å². The van der Waals surface area contributed by atoms with Crippen molar-refractivity contribution in [2.45, 2.75) is 17.5 Å². The average molecular weight is 398 g/mol. The van der Waals surface area contributed by atoms with Crippen LogP contribution in [0.3, 0.4) is 0 Å². The third-order valence-electron chi connectivity index (χ3n) is 3.51. The predicted octanol–water partition coefficient (Wildman–Crippen LogP) is 5.13. The van der Waals surface area contributed by atoms with Crippen LogP contribution in [0.15, 0.2) is 47.6 Å². The monoisotopic (exact) mass is 397 g/mol. The molecule has 0 radical (unpaired) electrons. The third-order valence-corrected chi connectivity index (χ3v) is 5.17. The zero-order chi connectivity index (χ0) is 17.8. The molecule has 0 atom stereocenters. The summed E-state index contributed by atoms with van der Waals surface area (Å²) in [5.74, 6) is 1.40. The Morgan fingerprint density at radius 3 is 2.60 bits per heavy atom. The smallest absolute Gasteiger partial charge is 0.191 e. The molecule has 3 aromatic rings. The van der Waals surface area contributed by atoms with Crippen LogP contribution in [0.4, 0.5) is 4.39 Å². The molecule has 3 rings (SSSR count). The second-order valence-electron chi connectivity index (χ2n) is 5.19. The van der Waals surface area contributed by atoms with Crippen molar-refractivity contribution in [2.24, 2.45) is 7.05 Å². The van der Waals surface area contributed by atoms with Gasteiger partial charge >= 0.3 is 0 Å². The van der Waals surface area contributed by atoms with Gasteiger partial charge in [0.25, 0.3) is 0 Å². The maximum Gasteiger partial charge on any atom is 0.191 e.